The van der Waals surface area contributed by atoms with Crippen molar-refractivity contribution in [2.24, 2.45) is 0 Å². The van der Waals surface area contributed by atoms with Gasteiger partial charge >= 0.3 is 7.80 Å². The van der Waals surface area contributed by atoms with E-state index in [1.807, 2.05) is 48.5 Å². The third-order valence-corrected chi connectivity index (χ3v) is 19.7. The summed E-state index contributed by atoms with van der Waals surface area (Å²) in [5.41, 5.74) is 3.40. The van der Waals surface area contributed by atoms with Gasteiger partial charge in [-0.1, -0.05) is 95.2 Å². The molecular weight excluding hydrogens is 532 g/mol. The topological polar surface area (TPSA) is 35.5 Å². The number of allylic oxidation sites excluding steroid dienone is 1. The van der Waals surface area contributed by atoms with Gasteiger partial charge in [-0.25, -0.2) is 0 Å². The molecule has 3 rings (SSSR count). The maximum Gasteiger partial charge on any atom is 0.415 e. The van der Waals surface area contributed by atoms with E-state index in [1.54, 1.807) is 0 Å². The Morgan fingerprint density at radius 3 is 2.00 bits per heavy atom. The SMILES string of the molecule is C=C1/C(=C\Cc2ccccc2[P+](=O)c2ccccc2)C[C@H](O[Si](C)(C)C(C)(C)C)C[C@H]1O[Si](C)(C)C(C)(C)C. The first kappa shape index (κ1) is 31.9. The van der Waals surface area contributed by atoms with Crippen LogP contribution in [0.4, 0.5) is 0 Å². The Morgan fingerprint density at radius 1 is 0.872 bits per heavy atom. The van der Waals surface area contributed by atoms with Gasteiger partial charge in [-0.3, -0.25) is 0 Å². The molecule has 3 atom stereocenters. The molecule has 0 N–H and O–H groups in total. The molecule has 1 saturated carbocycles. The van der Waals surface area contributed by atoms with Crippen LogP contribution in [0.3, 0.4) is 0 Å². The molecule has 0 amide bonds. The van der Waals surface area contributed by atoms with Crippen molar-refractivity contribution in [3.8, 4) is 0 Å². The van der Waals surface area contributed by atoms with E-state index >= 15 is 0 Å². The maximum atomic E-state index is 13.5. The van der Waals surface area contributed by atoms with Crippen LogP contribution in [0.2, 0.25) is 36.3 Å². The van der Waals surface area contributed by atoms with Crippen LogP contribution in [0.5, 0.6) is 0 Å². The highest BCUT2D eigenvalue weighted by Gasteiger charge is 2.44. The van der Waals surface area contributed by atoms with E-state index in [-0.39, 0.29) is 22.3 Å². The van der Waals surface area contributed by atoms with Gasteiger partial charge in [-0.15, -0.1) is 0 Å². The van der Waals surface area contributed by atoms with E-state index in [1.165, 1.54) is 5.57 Å². The third kappa shape index (κ3) is 7.77. The summed E-state index contributed by atoms with van der Waals surface area (Å²) < 4.78 is 27.4. The van der Waals surface area contributed by atoms with Gasteiger partial charge in [0.05, 0.1) is 12.2 Å². The Kier molecular flexibility index (Phi) is 9.88. The van der Waals surface area contributed by atoms with Crippen LogP contribution >= 0.6 is 7.80 Å². The van der Waals surface area contributed by atoms with Crippen molar-refractivity contribution in [2.45, 2.75) is 109 Å². The molecule has 6 heteroatoms. The summed E-state index contributed by atoms with van der Waals surface area (Å²) in [4.78, 5) is 0. The highest BCUT2D eigenvalue weighted by atomic mass is 31.1. The van der Waals surface area contributed by atoms with Crippen molar-refractivity contribution < 1.29 is 13.4 Å². The molecule has 0 radical (unpaired) electrons. The van der Waals surface area contributed by atoms with Crippen LogP contribution in [-0.4, -0.2) is 28.8 Å². The minimum Gasteiger partial charge on any atom is -0.413 e. The smallest absolute Gasteiger partial charge is 0.413 e. The van der Waals surface area contributed by atoms with Gasteiger partial charge in [0.1, 0.15) is 0 Å². The lowest BCUT2D eigenvalue weighted by molar-refractivity contribution is 0.0968. The van der Waals surface area contributed by atoms with E-state index in [4.69, 9.17) is 8.85 Å². The molecule has 0 aromatic heterocycles. The van der Waals surface area contributed by atoms with Crippen LogP contribution in [0, 0.1) is 0 Å². The van der Waals surface area contributed by atoms with Crippen LogP contribution in [0.25, 0.3) is 0 Å². The zero-order valence-corrected chi connectivity index (χ0v) is 28.8. The molecule has 0 bridgehead atoms. The van der Waals surface area contributed by atoms with Crippen LogP contribution in [0.15, 0.2) is 78.4 Å². The summed E-state index contributed by atoms with van der Waals surface area (Å²) >= 11 is 0. The van der Waals surface area contributed by atoms with Crippen molar-refractivity contribution in [1.82, 2.24) is 0 Å². The standard InChI is InChI=1S/C33H50O3PSi2/c1-25-27(22-21-26-17-15-16-20-31(26)37(34)29-18-13-12-14-19-29)23-28(35-38(8,9)32(2,3)4)24-30(25)36-39(10,11)33(5,6)7/h12-20,22,28,30H,1,21,23-24H2,2-11H3/q+1/b27-22-/t28-,30+/m0/s1. The fraction of sp³-hybridized carbons (Fsp3) is 0.515. The molecule has 2 aromatic rings. The van der Waals surface area contributed by atoms with Gasteiger partial charge in [0.2, 0.25) is 0 Å². The van der Waals surface area contributed by atoms with Crippen molar-refractivity contribution in [2.75, 3.05) is 0 Å². The summed E-state index contributed by atoms with van der Waals surface area (Å²) in [5.74, 6) is 0. The van der Waals surface area contributed by atoms with Crippen molar-refractivity contribution in [3.05, 3.63) is 84.0 Å². The summed E-state index contributed by atoms with van der Waals surface area (Å²) in [6.45, 7) is 27.6. The predicted octanol–water partition coefficient (Wildman–Crippen LogP) is 9.06. The lowest BCUT2D eigenvalue weighted by atomic mass is 9.85. The Labute approximate surface area is 241 Å². The summed E-state index contributed by atoms with van der Waals surface area (Å²) in [5, 5.41) is 2.02. The van der Waals surface area contributed by atoms with Crippen molar-refractivity contribution in [1.29, 1.82) is 0 Å². The highest BCUT2D eigenvalue weighted by Crippen LogP contribution is 2.44. The normalized spacial score (nSPS) is 20.8. The molecule has 39 heavy (non-hydrogen) atoms. The van der Waals surface area contributed by atoms with Gasteiger partial charge in [0.15, 0.2) is 27.2 Å². The quantitative estimate of drug-likeness (QED) is 0.230. The minimum absolute atomic E-state index is 0.0446. The fourth-order valence-corrected chi connectivity index (χ4v) is 8.45. The number of rotatable bonds is 8. The lowest BCUT2D eigenvalue weighted by Gasteiger charge is -2.45. The fourth-order valence-electron chi connectivity index (χ4n) is 4.41. The zero-order chi connectivity index (χ0) is 29.2. The van der Waals surface area contributed by atoms with Gasteiger partial charge < -0.3 is 8.85 Å². The molecule has 0 heterocycles. The lowest BCUT2D eigenvalue weighted by Crippen LogP contribution is -2.49. The molecule has 2 aromatic carbocycles. The van der Waals surface area contributed by atoms with Gasteiger partial charge in [0, 0.05) is 12.0 Å². The first-order valence-corrected chi connectivity index (χ1v) is 21.3. The predicted molar refractivity (Wildman–Crippen MR) is 174 cm³/mol. The summed E-state index contributed by atoms with van der Waals surface area (Å²) in [6.07, 6.45) is 4.75. The molecule has 212 valence electrons. The third-order valence-electron chi connectivity index (χ3n) is 9.01. The van der Waals surface area contributed by atoms with E-state index < -0.39 is 24.4 Å². The summed E-state index contributed by atoms with van der Waals surface area (Å²) in [6, 6.07) is 17.9. The monoisotopic (exact) mass is 581 g/mol. The van der Waals surface area contributed by atoms with Crippen LogP contribution in [-0.2, 0) is 19.8 Å². The Morgan fingerprint density at radius 2 is 1.41 bits per heavy atom. The maximum absolute atomic E-state index is 13.5. The summed E-state index contributed by atoms with van der Waals surface area (Å²) in [7, 11) is -5.62. The molecule has 0 saturated heterocycles. The molecule has 1 fully saturated rings. The van der Waals surface area contributed by atoms with Gasteiger partial charge in [0.25, 0.3) is 0 Å². The molecule has 0 aliphatic heterocycles. The van der Waals surface area contributed by atoms with E-state index in [9.17, 15) is 4.57 Å². The first-order valence-electron chi connectivity index (χ1n) is 14.3. The molecule has 3 nitrogen and oxygen atoms in total. The second-order valence-electron chi connectivity index (χ2n) is 14.0. The average Bonchev–Trinajstić information content (AvgIpc) is 2.83. The highest BCUT2D eigenvalue weighted by molar-refractivity contribution is 7.61. The number of benzene rings is 2. The zero-order valence-electron chi connectivity index (χ0n) is 25.9. The van der Waals surface area contributed by atoms with E-state index in [2.05, 4.69) is 86.5 Å². The van der Waals surface area contributed by atoms with Crippen LogP contribution in [0.1, 0.15) is 59.9 Å². The number of hydrogen-bond acceptors (Lipinski definition) is 3. The van der Waals surface area contributed by atoms with Crippen molar-refractivity contribution in [3.63, 3.8) is 0 Å². The van der Waals surface area contributed by atoms with Gasteiger partial charge in [-0.05, 0) is 78.5 Å². The molecule has 1 unspecified atom stereocenters. The van der Waals surface area contributed by atoms with E-state index in [0.29, 0.717) is 6.42 Å². The van der Waals surface area contributed by atoms with Gasteiger partial charge in [-0.2, -0.15) is 0 Å². The number of hydrogen-bond donors (Lipinski definition) is 0. The molecular formula is C33H50O3PSi2+. The molecule has 1 aliphatic rings. The molecule has 0 spiro atoms. The van der Waals surface area contributed by atoms with E-state index in [0.717, 1.165) is 34.6 Å². The van der Waals surface area contributed by atoms with Crippen LogP contribution < -0.4 is 10.6 Å². The second kappa shape index (κ2) is 12.1. The Hall–Kier alpha value is -1.63. The Balaban J connectivity index is 1.93. The Bertz CT molecular complexity index is 1200. The average molecular weight is 582 g/mol. The second-order valence-corrected chi connectivity index (χ2v) is 25.1. The molecule has 1 aliphatic carbocycles. The first-order chi connectivity index (χ1) is 17.9. The minimum atomic E-state index is -2.01. The largest absolute Gasteiger partial charge is 0.415 e. The van der Waals surface area contributed by atoms with Crippen molar-refractivity contribution >= 4 is 35.0 Å².